The molecule has 0 fully saturated rings. The zero-order valence-electron chi connectivity index (χ0n) is 11.1. The lowest BCUT2D eigenvalue weighted by Crippen LogP contribution is -2.06. The highest BCUT2D eigenvalue weighted by Crippen LogP contribution is 2.31. The average Bonchev–Trinajstić information content (AvgIpc) is 2.48. The molecule has 1 N–H and O–H groups in total. The van der Waals surface area contributed by atoms with E-state index < -0.39 is 0 Å². The number of carbonyl (C=O) groups is 1. The van der Waals surface area contributed by atoms with Crippen LogP contribution in [0.15, 0.2) is 60.8 Å². The van der Waals surface area contributed by atoms with E-state index in [0.717, 1.165) is 27.7 Å². The molecule has 0 aliphatic rings. The van der Waals surface area contributed by atoms with Crippen LogP contribution in [0.25, 0.3) is 22.0 Å². The van der Waals surface area contributed by atoms with E-state index in [0.29, 0.717) is 0 Å². The van der Waals surface area contributed by atoms with Gasteiger partial charge in [-0.05, 0) is 23.3 Å². The zero-order valence-corrected chi connectivity index (χ0v) is 11.1. The van der Waals surface area contributed by atoms with E-state index in [1.165, 1.54) is 6.92 Å². The van der Waals surface area contributed by atoms with E-state index in [2.05, 4.69) is 22.4 Å². The summed E-state index contributed by atoms with van der Waals surface area (Å²) in [5, 5.41) is 3.86. The van der Waals surface area contributed by atoms with Gasteiger partial charge in [-0.1, -0.05) is 42.5 Å². The maximum absolute atomic E-state index is 11.3. The van der Waals surface area contributed by atoms with Gasteiger partial charge in [-0.3, -0.25) is 9.78 Å². The van der Waals surface area contributed by atoms with Gasteiger partial charge in [-0.15, -0.1) is 0 Å². The average molecular weight is 262 g/mol. The van der Waals surface area contributed by atoms with Crippen molar-refractivity contribution in [2.45, 2.75) is 6.92 Å². The van der Waals surface area contributed by atoms with Crippen molar-refractivity contribution in [2.75, 3.05) is 5.32 Å². The van der Waals surface area contributed by atoms with Gasteiger partial charge in [0.1, 0.15) is 0 Å². The standard InChI is InChI=1S/C17H14N2O/c1-12(20)19-16-10-9-14(13-6-3-2-4-7-13)15-8-5-11-18-17(15)16/h2-11H,1H3,(H,19,20). The first-order valence-electron chi connectivity index (χ1n) is 6.46. The van der Waals surface area contributed by atoms with E-state index in [1.54, 1.807) is 6.20 Å². The van der Waals surface area contributed by atoms with E-state index in [4.69, 9.17) is 0 Å². The second kappa shape index (κ2) is 5.13. The van der Waals surface area contributed by atoms with Crippen LogP contribution in [0.4, 0.5) is 5.69 Å². The lowest BCUT2D eigenvalue weighted by Gasteiger charge is -2.10. The SMILES string of the molecule is CC(=O)Nc1ccc(-c2ccccc2)c2cccnc12. The Hall–Kier alpha value is -2.68. The minimum Gasteiger partial charge on any atom is -0.324 e. The molecule has 0 spiro atoms. The number of anilines is 1. The minimum atomic E-state index is -0.0931. The molecule has 1 heterocycles. The second-order valence-electron chi connectivity index (χ2n) is 4.61. The third kappa shape index (κ3) is 2.26. The molecule has 1 amide bonds. The maximum Gasteiger partial charge on any atom is 0.221 e. The fourth-order valence-electron chi connectivity index (χ4n) is 2.33. The summed E-state index contributed by atoms with van der Waals surface area (Å²) in [5.74, 6) is -0.0931. The summed E-state index contributed by atoms with van der Waals surface area (Å²) in [4.78, 5) is 15.7. The fraction of sp³-hybridized carbons (Fsp3) is 0.0588. The van der Waals surface area contributed by atoms with Crippen LogP contribution in [-0.4, -0.2) is 10.9 Å². The molecule has 0 atom stereocenters. The van der Waals surface area contributed by atoms with Crippen LogP contribution in [0.5, 0.6) is 0 Å². The van der Waals surface area contributed by atoms with Crippen molar-refractivity contribution in [3.8, 4) is 11.1 Å². The minimum absolute atomic E-state index is 0.0931. The van der Waals surface area contributed by atoms with Crippen LogP contribution in [0, 0.1) is 0 Å². The molecule has 0 saturated carbocycles. The highest BCUT2D eigenvalue weighted by atomic mass is 16.1. The number of fused-ring (bicyclic) bond motifs is 1. The van der Waals surface area contributed by atoms with Gasteiger partial charge in [0.2, 0.25) is 5.91 Å². The normalized spacial score (nSPS) is 10.4. The van der Waals surface area contributed by atoms with Gasteiger partial charge >= 0.3 is 0 Å². The number of nitrogens with one attached hydrogen (secondary N) is 1. The molecule has 20 heavy (non-hydrogen) atoms. The Morgan fingerprint density at radius 2 is 1.80 bits per heavy atom. The number of benzene rings is 2. The Bertz CT molecular complexity index is 766. The van der Waals surface area contributed by atoms with E-state index >= 15 is 0 Å². The van der Waals surface area contributed by atoms with Crippen LogP contribution in [0.2, 0.25) is 0 Å². The van der Waals surface area contributed by atoms with Crippen molar-refractivity contribution in [3.05, 3.63) is 60.8 Å². The van der Waals surface area contributed by atoms with Crippen LogP contribution in [0.1, 0.15) is 6.92 Å². The molecule has 3 nitrogen and oxygen atoms in total. The summed E-state index contributed by atoms with van der Waals surface area (Å²) in [6.07, 6.45) is 1.74. The molecule has 3 aromatic rings. The number of carbonyl (C=O) groups excluding carboxylic acids is 1. The number of nitrogens with zero attached hydrogens (tertiary/aromatic N) is 1. The number of amides is 1. The molecule has 3 heteroatoms. The number of rotatable bonds is 2. The Kier molecular flexibility index (Phi) is 3.17. The molecule has 1 aromatic heterocycles. The van der Waals surface area contributed by atoms with E-state index in [1.807, 2.05) is 42.5 Å². The third-order valence-corrected chi connectivity index (χ3v) is 3.17. The van der Waals surface area contributed by atoms with Gasteiger partial charge in [-0.2, -0.15) is 0 Å². The largest absolute Gasteiger partial charge is 0.324 e. The summed E-state index contributed by atoms with van der Waals surface area (Å²) in [6, 6.07) is 18.0. The Morgan fingerprint density at radius 1 is 1.00 bits per heavy atom. The first-order chi connectivity index (χ1) is 9.75. The maximum atomic E-state index is 11.3. The summed E-state index contributed by atoms with van der Waals surface area (Å²) in [6.45, 7) is 1.50. The summed E-state index contributed by atoms with van der Waals surface area (Å²) in [5.41, 5.74) is 3.81. The van der Waals surface area contributed by atoms with Crippen molar-refractivity contribution in [2.24, 2.45) is 0 Å². The summed E-state index contributed by atoms with van der Waals surface area (Å²) in [7, 11) is 0. The molecular weight excluding hydrogens is 248 g/mol. The molecule has 3 rings (SSSR count). The Morgan fingerprint density at radius 3 is 2.55 bits per heavy atom. The molecule has 0 aliphatic carbocycles. The predicted molar refractivity (Wildman–Crippen MR) is 81.5 cm³/mol. The van der Waals surface area contributed by atoms with Crippen LogP contribution in [0.3, 0.4) is 0 Å². The van der Waals surface area contributed by atoms with Crippen LogP contribution >= 0.6 is 0 Å². The topological polar surface area (TPSA) is 42.0 Å². The number of aromatic nitrogens is 1. The molecule has 2 aromatic carbocycles. The lowest BCUT2D eigenvalue weighted by molar-refractivity contribution is -0.114. The molecule has 0 radical (unpaired) electrons. The second-order valence-corrected chi connectivity index (χ2v) is 4.61. The van der Waals surface area contributed by atoms with Crippen molar-refractivity contribution in [3.63, 3.8) is 0 Å². The van der Waals surface area contributed by atoms with Crippen LogP contribution < -0.4 is 5.32 Å². The molecular formula is C17H14N2O. The molecule has 0 unspecified atom stereocenters. The molecule has 0 aliphatic heterocycles. The van der Waals surface area contributed by atoms with Gasteiger partial charge in [0.25, 0.3) is 0 Å². The van der Waals surface area contributed by atoms with Crippen molar-refractivity contribution >= 4 is 22.5 Å². The van der Waals surface area contributed by atoms with Gasteiger partial charge in [-0.25, -0.2) is 0 Å². The first-order valence-corrected chi connectivity index (χ1v) is 6.46. The lowest BCUT2D eigenvalue weighted by atomic mass is 10.00. The Balaban J connectivity index is 2.24. The fourth-order valence-corrected chi connectivity index (χ4v) is 2.33. The monoisotopic (exact) mass is 262 g/mol. The van der Waals surface area contributed by atoms with Crippen LogP contribution in [-0.2, 0) is 4.79 Å². The number of hydrogen-bond donors (Lipinski definition) is 1. The third-order valence-electron chi connectivity index (χ3n) is 3.17. The van der Waals surface area contributed by atoms with Gasteiger partial charge < -0.3 is 5.32 Å². The summed E-state index contributed by atoms with van der Waals surface area (Å²) < 4.78 is 0. The quantitative estimate of drug-likeness (QED) is 0.762. The molecule has 0 bridgehead atoms. The number of pyridine rings is 1. The van der Waals surface area contributed by atoms with E-state index in [9.17, 15) is 4.79 Å². The highest BCUT2D eigenvalue weighted by Gasteiger charge is 2.09. The van der Waals surface area contributed by atoms with Gasteiger partial charge in [0.05, 0.1) is 11.2 Å². The highest BCUT2D eigenvalue weighted by molar-refractivity contribution is 6.05. The predicted octanol–water partition coefficient (Wildman–Crippen LogP) is 3.86. The summed E-state index contributed by atoms with van der Waals surface area (Å²) >= 11 is 0. The van der Waals surface area contributed by atoms with Crippen molar-refractivity contribution in [1.29, 1.82) is 0 Å². The van der Waals surface area contributed by atoms with E-state index in [-0.39, 0.29) is 5.91 Å². The first kappa shape index (κ1) is 12.4. The van der Waals surface area contributed by atoms with Gasteiger partial charge in [0.15, 0.2) is 0 Å². The Labute approximate surface area is 117 Å². The number of hydrogen-bond acceptors (Lipinski definition) is 2. The zero-order chi connectivity index (χ0) is 13.9. The van der Waals surface area contributed by atoms with Gasteiger partial charge in [0, 0.05) is 18.5 Å². The molecule has 0 saturated heterocycles. The van der Waals surface area contributed by atoms with Crippen molar-refractivity contribution < 1.29 is 4.79 Å². The smallest absolute Gasteiger partial charge is 0.221 e. The molecule has 98 valence electrons. The van der Waals surface area contributed by atoms with Crippen molar-refractivity contribution in [1.82, 2.24) is 4.98 Å².